The molecule has 0 radical (unpaired) electrons. The van der Waals surface area contributed by atoms with Crippen LogP contribution in [0.4, 0.5) is 4.39 Å². The smallest absolute Gasteiger partial charge is 0.328 e. The van der Waals surface area contributed by atoms with Gasteiger partial charge in [-0.2, -0.15) is 0 Å². The summed E-state index contributed by atoms with van der Waals surface area (Å²) < 4.78 is 23.5. The summed E-state index contributed by atoms with van der Waals surface area (Å²) in [4.78, 5) is 22.6. The molecule has 1 aromatic carbocycles. The number of amides is 1. The Morgan fingerprint density at radius 1 is 1.50 bits per heavy atom. The fourth-order valence-electron chi connectivity index (χ4n) is 2.10. The molecule has 7 heteroatoms. The first-order chi connectivity index (χ1) is 10.6. The van der Waals surface area contributed by atoms with Gasteiger partial charge in [0.2, 0.25) is 0 Å². The largest absolute Gasteiger partial charge is 0.491 e. The summed E-state index contributed by atoms with van der Waals surface area (Å²) >= 11 is 0. The number of halogens is 1. The second-order valence-electron chi connectivity index (χ2n) is 4.99. The van der Waals surface area contributed by atoms with E-state index in [0.717, 1.165) is 19.4 Å². The van der Waals surface area contributed by atoms with Crippen LogP contribution in [0.2, 0.25) is 0 Å². The Balaban J connectivity index is 1.94. The number of alkyl halides is 1. The van der Waals surface area contributed by atoms with Gasteiger partial charge >= 0.3 is 5.97 Å². The van der Waals surface area contributed by atoms with E-state index in [4.69, 9.17) is 14.6 Å². The van der Waals surface area contributed by atoms with Crippen LogP contribution < -0.4 is 10.1 Å². The first-order valence-electron chi connectivity index (χ1n) is 7.04. The Labute approximate surface area is 127 Å². The number of rotatable bonds is 7. The van der Waals surface area contributed by atoms with Gasteiger partial charge in [0.15, 0.2) is 6.04 Å². The zero-order valence-electron chi connectivity index (χ0n) is 12.0. The number of aliphatic carboxylic acids is 1. The predicted molar refractivity (Wildman–Crippen MR) is 75.8 cm³/mol. The fourth-order valence-corrected chi connectivity index (χ4v) is 2.10. The van der Waals surface area contributed by atoms with E-state index in [9.17, 15) is 14.0 Å². The molecule has 1 aromatic rings. The molecule has 6 nitrogen and oxygen atoms in total. The van der Waals surface area contributed by atoms with Crippen LogP contribution >= 0.6 is 0 Å². The Bertz CT molecular complexity index is 530. The molecule has 0 aromatic heterocycles. The summed E-state index contributed by atoms with van der Waals surface area (Å²) in [5, 5.41) is 10.8. The van der Waals surface area contributed by atoms with Crippen molar-refractivity contribution in [3.05, 3.63) is 29.8 Å². The van der Waals surface area contributed by atoms with Gasteiger partial charge in [0.1, 0.15) is 19.0 Å². The summed E-state index contributed by atoms with van der Waals surface area (Å²) in [7, 11) is 0. The standard InChI is InChI=1S/C15H18FNO5/c16-8-13(15(19)20)17-14(18)10-3-1-4-11(7-10)22-9-12-5-2-6-21-12/h1,3-4,7,12-13H,2,5-6,8-9H2,(H,17,18)(H,19,20). The number of hydrogen-bond acceptors (Lipinski definition) is 4. The highest BCUT2D eigenvalue weighted by Gasteiger charge is 2.21. The molecular formula is C15H18FNO5. The van der Waals surface area contributed by atoms with E-state index in [2.05, 4.69) is 5.32 Å². The van der Waals surface area contributed by atoms with Gasteiger partial charge in [-0.25, -0.2) is 9.18 Å². The second kappa shape index (κ2) is 7.74. The van der Waals surface area contributed by atoms with Crippen molar-refractivity contribution in [1.82, 2.24) is 5.32 Å². The number of ether oxygens (including phenoxy) is 2. The van der Waals surface area contributed by atoms with Crippen molar-refractivity contribution in [1.29, 1.82) is 0 Å². The molecular weight excluding hydrogens is 293 g/mol. The average molecular weight is 311 g/mol. The number of carboxylic acid groups (broad SMARTS) is 1. The highest BCUT2D eigenvalue weighted by molar-refractivity contribution is 5.96. The fraction of sp³-hybridized carbons (Fsp3) is 0.467. The summed E-state index contributed by atoms with van der Waals surface area (Å²) in [6.45, 7) is -0.0418. The number of benzene rings is 1. The third-order valence-electron chi connectivity index (χ3n) is 3.31. The highest BCUT2D eigenvalue weighted by Crippen LogP contribution is 2.17. The quantitative estimate of drug-likeness (QED) is 0.795. The van der Waals surface area contributed by atoms with Crippen LogP contribution in [-0.4, -0.2) is 49.0 Å². The molecule has 22 heavy (non-hydrogen) atoms. The lowest BCUT2D eigenvalue weighted by atomic mass is 10.2. The number of nitrogens with one attached hydrogen (secondary N) is 1. The molecule has 0 spiro atoms. The number of carbonyl (C=O) groups is 2. The van der Waals surface area contributed by atoms with Crippen molar-refractivity contribution < 1.29 is 28.6 Å². The second-order valence-corrected chi connectivity index (χ2v) is 4.99. The summed E-state index contributed by atoms with van der Waals surface area (Å²) in [6, 6.07) is 4.75. The topological polar surface area (TPSA) is 84.9 Å². The molecule has 120 valence electrons. The lowest BCUT2D eigenvalue weighted by molar-refractivity contribution is -0.139. The molecule has 0 aliphatic carbocycles. The van der Waals surface area contributed by atoms with Crippen LogP contribution in [0.1, 0.15) is 23.2 Å². The van der Waals surface area contributed by atoms with Gasteiger partial charge in [-0.05, 0) is 31.0 Å². The zero-order valence-corrected chi connectivity index (χ0v) is 12.0. The summed E-state index contributed by atoms with van der Waals surface area (Å²) in [5.74, 6) is -1.59. The first-order valence-corrected chi connectivity index (χ1v) is 7.04. The Hall–Kier alpha value is -2.15. The Morgan fingerprint density at radius 2 is 2.32 bits per heavy atom. The van der Waals surface area contributed by atoms with E-state index >= 15 is 0 Å². The highest BCUT2D eigenvalue weighted by atomic mass is 19.1. The minimum Gasteiger partial charge on any atom is -0.491 e. The monoisotopic (exact) mass is 311 g/mol. The van der Waals surface area contributed by atoms with Crippen LogP contribution in [0.5, 0.6) is 5.75 Å². The predicted octanol–water partition coefficient (Wildman–Crippen LogP) is 1.40. The SMILES string of the molecule is O=C(NC(CF)C(=O)O)c1cccc(OCC2CCCO2)c1. The lowest BCUT2D eigenvalue weighted by Crippen LogP contribution is -2.42. The maximum atomic E-state index is 12.5. The first kappa shape index (κ1) is 16.2. The molecule has 0 bridgehead atoms. The Morgan fingerprint density at radius 3 is 2.95 bits per heavy atom. The van der Waals surface area contributed by atoms with Crippen molar-refractivity contribution >= 4 is 11.9 Å². The van der Waals surface area contributed by atoms with Crippen LogP contribution in [0.3, 0.4) is 0 Å². The molecule has 2 atom stereocenters. The minimum atomic E-state index is -1.55. The number of carboxylic acids is 1. The minimum absolute atomic E-state index is 0.0559. The van der Waals surface area contributed by atoms with Crippen molar-refractivity contribution in [3.63, 3.8) is 0 Å². The maximum absolute atomic E-state index is 12.5. The van der Waals surface area contributed by atoms with Gasteiger partial charge in [-0.3, -0.25) is 4.79 Å². The maximum Gasteiger partial charge on any atom is 0.328 e. The third kappa shape index (κ3) is 4.42. The number of carbonyl (C=O) groups excluding carboxylic acids is 1. The van der Waals surface area contributed by atoms with E-state index < -0.39 is 24.6 Å². The van der Waals surface area contributed by atoms with Gasteiger partial charge in [-0.1, -0.05) is 6.07 Å². The average Bonchev–Trinajstić information content (AvgIpc) is 3.03. The normalized spacial score (nSPS) is 18.7. The van der Waals surface area contributed by atoms with Crippen molar-refractivity contribution in [3.8, 4) is 5.75 Å². The summed E-state index contributed by atoms with van der Waals surface area (Å²) in [6.07, 6.45) is 2.01. The van der Waals surface area contributed by atoms with E-state index in [1.54, 1.807) is 12.1 Å². The van der Waals surface area contributed by atoms with E-state index in [1.165, 1.54) is 12.1 Å². The summed E-state index contributed by atoms with van der Waals surface area (Å²) in [5.41, 5.74) is 0.213. The van der Waals surface area contributed by atoms with E-state index in [0.29, 0.717) is 12.4 Å². The molecule has 0 saturated carbocycles. The van der Waals surface area contributed by atoms with Gasteiger partial charge in [0.25, 0.3) is 5.91 Å². The van der Waals surface area contributed by atoms with Crippen molar-refractivity contribution in [2.45, 2.75) is 25.0 Å². The van der Waals surface area contributed by atoms with E-state index in [-0.39, 0.29) is 11.7 Å². The molecule has 1 amide bonds. The van der Waals surface area contributed by atoms with Gasteiger partial charge < -0.3 is 19.9 Å². The van der Waals surface area contributed by atoms with Gasteiger partial charge in [0, 0.05) is 12.2 Å². The van der Waals surface area contributed by atoms with E-state index in [1.807, 2.05) is 0 Å². The van der Waals surface area contributed by atoms with Crippen molar-refractivity contribution in [2.24, 2.45) is 0 Å². The molecule has 1 aliphatic heterocycles. The third-order valence-corrected chi connectivity index (χ3v) is 3.31. The molecule has 2 rings (SSSR count). The molecule has 1 saturated heterocycles. The van der Waals surface area contributed by atoms with Gasteiger partial charge in [0.05, 0.1) is 6.10 Å². The molecule has 2 N–H and O–H groups in total. The molecule has 1 aliphatic rings. The van der Waals surface area contributed by atoms with Crippen molar-refractivity contribution in [2.75, 3.05) is 19.9 Å². The van der Waals surface area contributed by atoms with Crippen LogP contribution in [-0.2, 0) is 9.53 Å². The van der Waals surface area contributed by atoms with Crippen LogP contribution in [0.25, 0.3) is 0 Å². The molecule has 1 heterocycles. The Kier molecular flexibility index (Phi) is 5.71. The van der Waals surface area contributed by atoms with Crippen LogP contribution in [0, 0.1) is 0 Å². The lowest BCUT2D eigenvalue weighted by Gasteiger charge is -2.13. The van der Waals surface area contributed by atoms with Crippen LogP contribution in [0.15, 0.2) is 24.3 Å². The zero-order chi connectivity index (χ0) is 15.9. The molecule has 1 fully saturated rings. The number of hydrogen-bond donors (Lipinski definition) is 2. The van der Waals surface area contributed by atoms with Gasteiger partial charge in [-0.15, -0.1) is 0 Å². The molecule has 2 unspecified atom stereocenters.